The molecule has 0 aliphatic carbocycles. The zero-order valence-corrected chi connectivity index (χ0v) is 16.6. The van der Waals surface area contributed by atoms with Gasteiger partial charge in [-0.05, 0) is 43.0 Å². The Balaban J connectivity index is 1.83. The van der Waals surface area contributed by atoms with E-state index in [0.717, 1.165) is 17.7 Å². The highest BCUT2D eigenvalue weighted by Crippen LogP contribution is 2.13. The minimum absolute atomic E-state index is 0.0199. The van der Waals surface area contributed by atoms with Gasteiger partial charge < -0.3 is 19.2 Å². The molecule has 2 aromatic rings. The molecule has 28 heavy (non-hydrogen) atoms. The van der Waals surface area contributed by atoms with Gasteiger partial charge in [-0.2, -0.15) is 0 Å². The highest BCUT2D eigenvalue weighted by molar-refractivity contribution is 5.87. The van der Waals surface area contributed by atoms with Gasteiger partial charge in [0.25, 0.3) is 0 Å². The lowest BCUT2D eigenvalue weighted by molar-refractivity contribution is -0.139. The Bertz CT molecular complexity index is 837. The first-order valence-corrected chi connectivity index (χ1v) is 9.40. The van der Waals surface area contributed by atoms with E-state index in [0.29, 0.717) is 24.8 Å². The Labute approximate surface area is 165 Å². The largest absolute Gasteiger partial charge is 0.494 e. The molecule has 0 spiro atoms. The van der Waals surface area contributed by atoms with Crippen LogP contribution in [-0.4, -0.2) is 24.2 Å². The smallest absolute Gasteiger partial charge is 0.331 e. The Kier molecular flexibility index (Phi) is 8.34. The maximum absolute atomic E-state index is 12.0. The fourth-order valence-electron chi connectivity index (χ4n) is 2.30. The zero-order chi connectivity index (χ0) is 20.4. The van der Waals surface area contributed by atoms with Gasteiger partial charge in [-0.15, -0.1) is 0 Å². The number of carbonyl (C=O) groups is 1. The quantitative estimate of drug-likeness (QED) is 0.495. The monoisotopic (exact) mass is 385 g/mol. The molecule has 1 aromatic carbocycles. The summed E-state index contributed by atoms with van der Waals surface area (Å²) in [7, 11) is 0. The topological polar surface area (TPSA) is 77.6 Å². The summed E-state index contributed by atoms with van der Waals surface area (Å²) in [4.78, 5) is 26.8. The van der Waals surface area contributed by atoms with Crippen molar-refractivity contribution in [2.24, 2.45) is 5.92 Å². The SMILES string of the molecule is CCOc1ccc(/C=C/C(=O)OCc2cc(=O)c(OCCC(C)C)c[nH]2)cc1. The first-order valence-electron chi connectivity index (χ1n) is 9.40. The Hall–Kier alpha value is -3.02. The third-order valence-electron chi connectivity index (χ3n) is 3.86. The van der Waals surface area contributed by atoms with E-state index < -0.39 is 5.97 Å². The predicted octanol–water partition coefficient (Wildman–Crippen LogP) is 3.96. The third kappa shape index (κ3) is 7.31. The lowest BCUT2D eigenvalue weighted by Crippen LogP contribution is -2.12. The van der Waals surface area contributed by atoms with E-state index in [2.05, 4.69) is 18.8 Å². The van der Waals surface area contributed by atoms with Crippen LogP contribution in [0.25, 0.3) is 6.08 Å². The Morgan fingerprint density at radius 3 is 2.57 bits per heavy atom. The number of esters is 1. The summed E-state index contributed by atoms with van der Waals surface area (Å²) >= 11 is 0. The maximum atomic E-state index is 12.0. The second-order valence-corrected chi connectivity index (χ2v) is 6.66. The average Bonchev–Trinajstić information content (AvgIpc) is 2.67. The van der Waals surface area contributed by atoms with Gasteiger partial charge in [0, 0.05) is 18.3 Å². The molecule has 6 heteroatoms. The zero-order valence-electron chi connectivity index (χ0n) is 16.6. The van der Waals surface area contributed by atoms with Crippen molar-refractivity contribution in [3.8, 4) is 11.5 Å². The highest BCUT2D eigenvalue weighted by Gasteiger charge is 2.05. The number of hydrogen-bond donors (Lipinski definition) is 1. The number of H-pyrrole nitrogens is 1. The van der Waals surface area contributed by atoms with Crippen LogP contribution in [0.3, 0.4) is 0 Å². The molecule has 1 N–H and O–H groups in total. The maximum Gasteiger partial charge on any atom is 0.331 e. The van der Waals surface area contributed by atoms with Crippen LogP contribution < -0.4 is 14.9 Å². The van der Waals surface area contributed by atoms with Gasteiger partial charge in [-0.1, -0.05) is 26.0 Å². The molecule has 0 aliphatic rings. The first-order chi connectivity index (χ1) is 13.5. The van der Waals surface area contributed by atoms with Crippen molar-refractivity contribution in [3.63, 3.8) is 0 Å². The minimum atomic E-state index is -0.494. The molecule has 6 nitrogen and oxygen atoms in total. The highest BCUT2D eigenvalue weighted by atomic mass is 16.5. The lowest BCUT2D eigenvalue weighted by atomic mass is 10.1. The average molecular weight is 385 g/mol. The van der Waals surface area contributed by atoms with E-state index in [1.54, 1.807) is 6.08 Å². The van der Waals surface area contributed by atoms with Crippen LogP contribution in [0.15, 0.2) is 47.4 Å². The van der Waals surface area contributed by atoms with Crippen LogP contribution in [0.5, 0.6) is 11.5 Å². The van der Waals surface area contributed by atoms with Gasteiger partial charge in [0.05, 0.1) is 18.9 Å². The second kappa shape index (κ2) is 11.0. The normalized spacial score (nSPS) is 11.0. The van der Waals surface area contributed by atoms with E-state index in [4.69, 9.17) is 14.2 Å². The van der Waals surface area contributed by atoms with E-state index in [1.165, 1.54) is 18.3 Å². The van der Waals surface area contributed by atoms with Crippen molar-refractivity contribution in [1.29, 1.82) is 0 Å². The Morgan fingerprint density at radius 2 is 1.93 bits per heavy atom. The van der Waals surface area contributed by atoms with Crippen LogP contribution in [0.4, 0.5) is 0 Å². The molecule has 0 radical (unpaired) electrons. The van der Waals surface area contributed by atoms with E-state index >= 15 is 0 Å². The molecule has 150 valence electrons. The van der Waals surface area contributed by atoms with Crippen LogP contribution in [0.2, 0.25) is 0 Å². The van der Waals surface area contributed by atoms with Gasteiger partial charge in [0.2, 0.25) is 5.43 Å². The number of nitrogens with one attached hydrogen (secondary N) is 1. The number of benzene rings is 1. The third-order valence-corrected chi connectivity index (χ3v) is 3.86. The standard InChI is InChI=1S/C22H27NO5/c1-4-26-19-8-5-17(6-9-19)7-10-22(25)28-15-18-13-20(24)21(14-23-18)27-12-11-16(2)3/h5-10,13-14,16H,4,11-12,15H2,1-3H3,(H,23,24)/b10-7+. The van der Waals surface area contributed by atoms with Crippen LogP contribution >= 0.6 is 0 Å². The van der Waals surface area contributed by atoms with Crippen LogP contribution in [-0.2, 0) is 16.1 Å². The van der Waals surface area contributed by atoms with Crippen molar-refractivity contribution >= 4 is 12.0 Å². The van der Waals surface area contributed by atoms with Crippen molar-refractivity contribution in [2.45, 2.75) is 33.8 Å². The molecule has 0 saturated carbocycles. The molecule has 1 aromatic heterocycles. The summed E-state index contributed by atoms with van der Waals surface area (Å²) < 4.78 is 16.0. The molecule has 0 amide bonds. The molecule has 0 bridgehead atoms. The van der Waals surface area contributed by atoms with Gasteiger partial charge in [0.1, 0.15) is 12.4 Å². The Morgan fingerprint density at radius 1 is 1.18 bits per heavy atom. The minimum Gasteiger partial charge on any atom is -0.494 e. The molecular formula is C22H27NO5. The molecule has 0 unspecified atom stereocenters. The van der Waals surface area contributed by atoms with Crippen molar-refractivity contribution in [2.75, 3.05) is 13.2 Å². The van der Waals surface area contributed by atoms with Gasteiger partial charge in [-0.3, -0.25) is 4.79 Å². The second-order valence-electron chi connectivity index (χ2n) is 6.66. The number of ether oxygens (including phenoxy) is 3. The number of hydrogen-bond acceptors (Lipinski definition) is 5. The fourth-order valence-corrected chi connectivity index (χ4v) is 2.30. The number of carbonyl (C=O) groups excluding carboxylic acids is 1. The number of aromatic nitrogens is 1. The summed E-state index contributed by atoms with van der Waals surface area (Å²) in [6.07, 6.45) is 5.38. The summed E-state index contributed by atoms with van der Waals surface area (Å²) in [5.41, 5.74) is 1.12. The molecule has 1 heterocycles. The summed E-state index contributed by atoms with van der Waals surface area (Å²) in [6.45, 7) is 7.18. The van der Waals surface area contributed by atoms with E-state index in [1.807, 2.05) is 31.2 Å². The van der Waals surface area contributed by atoms with E-state index in [-0.39, 0.29) is 17.8 Å². The van der Waals surface area contributed by atoms with Gasteiger partial charge >= 0.3 is 5.97 Å². The van der Waals surface area contributed by atoms with Gasteiger partial charge in [-0.25, -0.2) is 4.79 Å². The summed E-state index contributed by atoms with van der Waals surface area (Å²) in [5, 5.41) is 0. The number of pyridine rings is 1. The van der Waals surface area contributed by atoms with E-state index in [9.17, 15) is 9.59 Å². The fraction of sp³-hybridized carbons (Fsp3) is 0.364. The predicted molar refractivity (Wildman–Crippen MR) is 108 cm³/mol. The number of aromatic amines is 1. The molecule has 0 fully saturated rings. The first kappa shape index (κ1) is 21.3. The molecular weight excluding hydrogens is 358 g/mol. The molecule has 0 aliphatic heterocycles. The molecule has 0 atom stereocenters. The van der Waals surface area contributed by atoms with Crippen molar-refractivity contribution < 1.29 is 19.0 Å². The van der Waals surface area contributed by atoms with Crippen LogP contribution in [0.1, 0.15) is 38.4 Å². The lowest BCUT2D eigenvalue weighted by Gasteiger charge is -2.08. The van der Waals surface area contributed by atoms with Crippen molar-refractivity contribution in [1.82, 2.24) is 4.98 Å². The molecule has 2 rings (SSSR count). The summed E-state index contributed by atoms with van der Waals surface area (Å²) in [6, 6.07) is 8.76. The number of rotatable bonds is 10. The van der Waals surface area contributed by atoms with Crippen LogP contribution in [0, 0.1) is 5.92 Å². The summed E-state index contributed by atoms with van der Waals surface area (Å²) in [5.74, 6) is 1.06. The van der Waals surface area contributed by atoms with Gasteiger partial charge in [0.15, 0.2) is 5.75 Å². The molecule has 0 saturated heterocycles. The van der Waals surface area contributed by atoms with Crippen molar-refractivity contribution in [3.05, 3.63) is 64.1 Å².